The summed E-state index contributed by atoms with van der Waals surface area (Å²) in [5.41, 5.74) is 0.975. The highest BCUT2D eigenvalue weighted by Crippen LogP contribution is 2.29. The molecule has 1 heterocycles. The lowest BCUT2D eigenvalue weighted by atomic mass is 10.1. The Labute approximate surface area is 101 Å². The standard InChI is InChI=1S/C7H14.C6H9NO.CH4/c1-6-3-4-7(2)5-6;1-4-3-6(8)5(2)7-4;/h6-7H,3-5H2,1-2H3;5H,3H2,1-2H3;1H4/t6-,7?;;/m1../s1. The number of hydrogen-bond acceptors (Lipinski definition) is 2. The van der Waals surface area contributed by atoms with Gasteiger partial charge in [0.15, 0.2) is 5.78 Å². The largest absolute Gasteiger partial charge is 0.297 e. The van der Waals surface area contributed by atoms with Gasteiger partial charge in [-0.2, -0.15) is 0 Å². The molecule has 3 atom stereocenters. The maximum Gasteiger partial charge on any atom is 0.162 e. The van der Waals surface area contributed by atoms with Crippen molar-refractivity contribution in [3.63, 3.8) is 0 Å². The maximum absolute atomic E-state index is 10.7. The van der Waals surface area contributed by atoms with E-state index in [1.807, 2.05) is 13.8 Å². The minimum atomic E-state index is -0.0602. The van der Waals surface area contributed by atoms with Gasteiger partial charge < -0.3 is 0 Å². The molecule has 94 valence electrons. The Morgan fingerprint density at radius 3 is 1.75 bits per heavy atom. The molecule has 2 unspecified atom stereocenters. The zero-order valence-corrected chi connectivity index (χ0v) is 10.4. The third kappa shape index (κ3) is 4.91. The van der Waals surface area contributed by atoms with Crippen LogP contribution in [0.2, 0.25) is 0 Å². The second-order valence-electron chi connectivity index (χ2n) is 5.21. The average Bonchev–Trinajstić information content (AvgIpc) is 2.61. The summed E-state index contributed by atoms with van der Waals surface area (Å²) in [6, 6.07) is -0.0602. The van der Waals surface area contributed by atoms with Crippen LogP contribution >= 0.6 is 0 Å². The van der Waals surface area contributed by atoms with E-state index in [1.165, 1.54) is 19.3 Å². The third-order valence-corrected chi connectivity index (χ3v) is 3.27. The molecule has 0 N–H and O–H groups in total. The molecule has 1 aliphatic heterocycles. The van der Waals surface area contributed by atoms with Gasteiger partial charge in [0.1, 0.15) is 6.04 Å². The number of ketones is 1. The van der Waals surface area contributed by atoms with Gasteiger partial charge in [0.05, 0.1) is 0 Å². The summed E-state index contributed by atoms with van der Waals surface area (Å²) in [6.45, 7) is 8.42. The van der Waals surface area contributed by atoms with Gasteiger partial charge in [0.25, 0.3) is 0 Å². The number of hydrogen-bond donors (Lipinski definition) is 0. The Bertz CT molecular complexity index is 249. The van der Waals surface area contributed by atoms with Gasteiger partial charge in [0, 0.05) is 12.1 Å². The highest BCUT2D eigenvalue weighted by Gasteiger charge is 2.18. The molecule has 1 fully saturated rings. The van der Waals surface area contributed by atoms with E-state index in [0.29, 0.717) is 6.42 Å². The molecule has 0 saturated heterocycles. The molecule has 1 aliphatic carbocycles. The van der Waals surface area contributed by atoms with Gasteiger partial charge in [-0.15, -0.1) is 0 Å². The van der Waals surface area contributed by atoms with E-state index < -0.39 is 0 Å². The van der Waals surface area contributed by atoms with Gasteiger partial charge in [-0.25, -0.2) is 0 Å². The van der Waals surface area contributed by atoms with Crippen LogP contribution in [0.25, 0.3) is 0 Å². The number of aliphatic imine (C=N–C) groups is 1. The van der Waals surface area contributed by atoms with Gasteiger partial charge >= 0.3 is 0 Å². The predicted molar refractivity (Wildman–Crippen MR) is 71.1 cm³/mol. The molecule has 0 aromatic carbocycles. The van der Waals surface area contributed by atoms with Crippen LogP contribution in [-0.4, -0.2) is 17.5 Å². The molecular formula is C14H27NO. The molecule has 0 amide bonds. The van der Waals surface area contributed by atoms with E-state index in [0.717, 1.165) is 17.5 Å². The fourth-order valence-electron chi connectivity index (χ4n) is 2.34. The highest BCUT2D eigenvalue weighted by molar-refractivity contribution is 6.08. The van der Waals surface area contributed by atoms with Crippen LogP contribution in [0.15, 0.2) is 4.99 Å². The Morgan fingerprint density at radius 1 is 1.12 bits per heavy atom. The summed E-state index contributed by atoms with van der Waals surface area (Å²) in [5, 5.41) is 0. The lowest BCUT2D eigenvalue weighted by Gasteiger charge is -1.96. The molecule has 0 aromatic rings. The van der Waals surface area contributed by atoms with Crippen molar-refractivity contribution in [3.8, 4) is 0 Å². The van der Waals surface area contributed by atoms with Gasteiger partial charge in [-0.1, -0.05) is 34.1 Å². The van der Waals surface area contributed by atoms with Gasteiger partial charge in [-0.05, 0) is 32.1 Å². The zero-order chi connectivity index (χ0) is 11.4. The normalized spacial score (nSPS) is 32.6. The average molecular weight is 225 g/mol. The van der Waals surface area contributed by atoms with Crippen molar-refractivity contribution >= 4 is 11.5 Å². The fraction of sp³-hybridized carbons (Fsp3) is 0.857. The number of nitrogens with zero attached hydrogens (tertiary/aromatic N) is 1. The zero-order valence-electron chi connectivity index (χ0n) is 10.4. The van der Waals surface area contributed by atoms with Crippen molar-refractivity contribution in [1.82, 2.24) is 0 Å². The Kier molecular flexibility index (Phi) is 6.54. The molecule has 0 radical (unpaired) electrons. The van der Waals surface area contributed by atoms with E-state index in [9.17, 15) is 4.79 Å². The van der Waals surface area contributed by atoms with E-state index in [4.69, 9.17) is 0 Å². The van der Waals surface area contributed by atoms with E-state index in [1.54, 1.807) is 0 Å². The molecule has 2 aliphatic rings. The third-order valence-electron chi connectivity index (χ3n) is 3.27. The summed E-state index contributed by atoms with van der Waals surface area (Å²) in [4.78, 5) is 14.7. The molecule has 2 heteroatoms. The molecule has 16 heavy (non-hydrogen) atoms. The summed E-state index contributed by atoms with van der Waals surface area (Å²) in [7, 11) is 0. The smallest absolute Gasteiger partial charge is 0.162 e. The van der Waals surface area contributed by atoms with Crippen LogP contribution in [0, 0.1) is 11.8 Å². The van der Waals surface area contributed by atoms with E-state index >= 15 is 0 Å². The van der Waals surface area contributed by atoms with Gasteiger partial charge in [0.2, 0.25) is 0 Å². The second kappa shape index (κ2) is 6.82. The van der Waals surface area contributed by atoms with Crippen LogP contribution in [0.4, 0.5) is 0 Å². The maximum atomic E-state index is 10.7. The number of Topliss-reactive ketones (excluding diaryl/α,β-unsaturated/α-hetero) is 1. The second-order valence-corrected chi connectivity index (χ2v) is 5.21. The Morgan fingerprint density at radius 2 is 1.62 bits per heavy atom. The van der Waals surface area contributed by atoms with Crippen molar-refractivity contribution in [3.05, 3.63) is 0 Å². The number of rotatable bonds is 0. The first-order chi connectivity index (χ1) is 6.99. The van der Waals surface area contributed by atoms with Crippen molar-refractivity contribution in [2.24, 2.45) is 16.8 Å². The molecule has 0 aromatic heterocycles. The fourth-order valence-corrected chi connectivity index (χ4v) is 2.34. The van der Waals surface area contributed by atoms with Crippen molar-refractivity contribution < 1.29 is 4.79 Å². The van der Waals surface area contributed by atoms with Crippen LogP contribution in [0.5, 0.6) is 0 Å². The number of carbonyl (C=O) groups excluding carboxylic acids is 1. The molecule has 2 nitrogen and oxygen atoms in total. The lowest BCUT2D eigenvalue weighted by Crippen LogP contribution is -2.06. The van der Waals surface area contributed by atoms with Crippen molar-refractivity contribution in [2.75, 3.05) is 0 Å². The van der Waals surface area contributed by atoms with Crippen molar-refractivity contribution in [1.29, 1.82) is 0 Å². The molecule has 0 spiro atoms. The lowest BCUT2D eigenvalue weighted by molar-refractivity contribution is -0.118. The van der Waals surface area contributed by atoms with Crippen LogP contribution < -0.4 is 0 Å². The van der Waals surface area contributed by atoms with E-state index in [2.05, 4.69) is 18.8 Å². The van der Waals surface area contributed by atoms with Crippen LogP contribution in [-0.2, 0) is 4.79 Å². The number of carbonyl (C=O) groups is 1. The van der Waals surface area contributed by atoms with Crippen LogP contribution in [0.3, 0.4) is 0 Å². The summed E-state index contributed by atoms with van der Waals surface area (Å²) in [6.07, 6.45) is 4.99. The summed E-state index contributed by atoms with van der Waals surface area (Å²) >= 11 is 0. The van der Waals surface area contributed by atoms with Crippen molar-refractivity contribution in [2.45, 2.75) is 66.8 Å². The minimum absolute atomic E-state index is 0. The summed E-state index contributed by atoms with van der Waals surface area (Å²) in [5.74, 6) is 2.30. The summed E-state index contributed by atoms with van der Waals surface area (Å²) < 4.78 is 0. The first-order valence-electron chi connectivity index (χ1n) is 6.05. The minimum Gasteiger partial charge on any atom is -0.297 e. The predicted octanol–water partition coefficient (Wildman–Crippen LogP) is 3.89. The molecule has 2 rings (SSSR count). The first kappa shape index (κ1) is 15.3. The first-order valence-corrected chi connectivity index (χ1v) is 6.05. The molecule has 1 saturated carbocycles. The molecular weight excluding hydrogens is 198 g/mol. The monoisotopic (exact) mass is 225 g/mol. The van der Waals surface area contributed by atoms with E-state index in [-0.39, 0.29) is 19.3 Å². The highest BCUT2D eigenvalue weighted by atomic mass is 16.1. The SMILES string of the molecule is C.CC1=NC(C)C(=O)C1.CC1CC[C@@H](C)C1. The Balaban J connectivity index is 0.000000267. The quantitative estimate of drug-likeness (QED) is 0.615. The van der Waals surface area contributed by atoms with Gasteiger partial charge in [-0.3, -0.25) is 9.79 Å². The molecule has 0 bridgehead atoms. The topological polar surface area (TPSA) is 29.4 Å². The van der Waals surface area contributed by atoms with Crippen LogP contribution in [0.1, 0.15) is 60.8 Å². The Hall–Kier alpha value is -0.660.